The Kier molecular flexibility index (Phi) is 6.90. The number of rotatable bonds is 5. The van der Waals surface area contributed by atoms with Crippen LogP contribution in [0.15, 0.2) is 79.0 Å². The van der Waals surface area contributed by atoms with Crippen molar-refractivity contribution in [2.45, 2.75) is 39.0 Å². The van der Waals surface area contributed by atoms with Crippen LogP contribution >= 0.6 is 12.2 Å². The van der Waals surface area contributed by atoms with Crippen LogP contribution in [0.3, 0.4) is 0 Å². The topological polar surface area (TPSA) is 62.2 Å². The summed E-state index contributed by atoms with van der Waals surface area (Å²) in [5.74, 6) is -0.180. The molecule has 2 N–H and O–H groups in total. The first-order chi connectivity index (χ1) is 18.6. The Morgan fingerprint density at radius 3 is 2.36 bits per heavy atom. The van der Waals surface area contributed by atoms with Crippen molar-refractivity contribution in [1.29, 1.82) is 0 Å². The maximum absolute atomic E-state index is 14.0. The molecule has 1 aliphatic rings. The van der Waals surface area contributed by atoms with E-state index in [1.807, 2.05) is 48.2 Å². The van der Waals surface area contributed by atoms with Crippen molar-refractivity contribution in [3.8, 4) is 5.69 Å². The Morgan fingerprint density at radius 1 is 1.03 bits per heavy atom. The second-order valence-electron chi connectivity index (χ2n) is 9.40. The van der Waals surface area contributed by atoms with E-state index >= 15 is 0 Å². The summed E-state index contributed by atoms with van der Waals surface area (Å²) in [5.41, 5.74) is 3.68. The van der Waals surface area contributed by atoms with Crippen LogP contribution in [0.5, 0.6) is 0 Å². The van der Waals surface area contributed by atoms with Gasteiger partial charge in [-0.3, -0.25) is 9.78 Å². The smallest absolute Gasteiger partial charge is 0.351 e. The van der Waals surface area contributed by atoms with Gasteiger partial charge in [-0.15, -0.1) is 0 Å². The van der Waals surface area contributed by atoms with E-state index < -0.39 is 17.8 Å². The van der Waals surface area contributed by atoms with E-state index in [-0.39, 0.29) is 17.6 Å². The zero-order chi connectivity index (χ0) is 27.9. The molecule has 10 heteroatoms. The van der Waals surface area contributed by atoms with Crippen LogP contribution in [0.2, 0.25) is 0 Å². The molecule has 0 aliphatic carbocycles. The normalized spacial score (nSPS) is 17.3. The van der Waals surface area contributed by atoms with Crippen LogP contribution < -0.4 is 15.5 Å². The van der Waals surface area contributed by atoms with Gasteiger partial charge in [0.1, 0.15) is 0 Å². The number of hydrogen-bond donors (Lipinski definition) is 2. The van der Waals surface area contributed by atoms with Gasteiger partial charge in [0.25, 0.3) is 0 Å². The number of halogens is 3. The number of alkyl halides is 3. The molecule has 1 saturated heterocycles. The highest BCUT2D eigenvalue weighted by Crippen LogP contribution is 2.44. The highest BCUT2D eigenvalue weighted by atomic mass is 32.1. The van der Waals surface area contributed by atoms with Crippen LogP contribution in [0.1, 0.15) is 47.2 Å². The number of carbonyl (C=O) groups excluding carboxylic acids is 1. The molecule has 1 aliphatic heterocycles. The lowest BCUT2D eigenvalue weighted by Gasteiger charge is -2.28. The van der Waals surface area contributed by atoms with Crippen molar-refractivity contribution in [3.63, 3.8) is 0 Å². The quantitative estimate of drug-likeness (QED) is 0.273. The predicted octanol–water partition coefficient (Wildman–Crippen LogP) is 6.64. The van der Waals surface area contributed by atoms with Crippen molar-refractivity contribution < 1.29 is 18.0 Å². The number of anilines is 2. The van der Waals surface area contributed by atoms with Crippen molar-refractivity contribution in [1.82, 2.24) is 14.9 Å². The standard InChI is InChI=1S/C29H26F3N5OS/c1-17-16-22(18(2)36(17)25-10-5-4-8-23(25)29(30,31)32)27-26(24-9-6-7-15-33-24)35-28(39)37(27)21-13-11-20(12-14-21)34-19(3)38/h4-16,26-27H,1-3H3,(H,34,38)(H,35,39)/t26-,27-/m1/s1. The second kappa shape index (κ2) is 10.2. The van der Waals surface area contributed by atoms with E-state index in [9.17, 15) is 18.0 Å². The van der Waals surface area contributed by atoms with Crippen molar-refractivity contribution >= 4 is 34.6 Å². The molecule has 0 bridgehead atoms. The first-order valence-electron chi connectivity index (χ1n) is 12.3. The van der Waals surface area contributed by atoms with Crippen molar-refractivity contribution in [3.05, 3.63) is 107 Å². The van der Waals surface area contributed by atoms with Gasteiger partial charge in [-0.1, -0.05) is 18.2 Å². The molecule has 6 nitrogen and oxygen atoms in total. The molecule has 2 aromatic carbocycles. The summed E-state index contributed by atoms with van der Waals surface area (Å²) in [5, 5.41) is 6.60. The zero-order valence-electron chi connectivity index (χ0n) is 21.5. The second-order valence-corrected chi connectivity index (χ2v) is 9.79. The van der Waals surface area contributed by atoms with Crippen molar-refractivity contribution in [2.24, 2.45) is 0 Å². The number of nitrogens with zero attached hydrogens (tertiary/aromatic N) is 3. The maximum Gasteiger partial charge on any atom is 0.418 e. The van der Waals surface area contributed by atoms with Gasteiger partial charge >= 0.3 is 6.18 Å². The first-order valence-corrected chi connectivity index (χ1v) is 12.7. The molecular formula is C29H26F3N5OS. The van der Waals surface area contributed by atoms with E-state index in [1.54, 1.807) is 35.9 Å². The molecule has 1 fully saturated rings. The van der Waals surface area contributed by atoms with Gasteiger partial charge in [0.2, 0.25) is 5.91 Å². The average Bonchev–Trinajstić information content (AvgIpc) is 3.39. The van der Waals surface area contributed by atoms with Gasteiger partial charge in [-0.2, -0.15) is 13.2 Å². The number of aryl methyl sites for hydroxylation is 1. The minimum Gasteiger partial charge on any atom is -0.351 e. The van der Waals surface area contributed by atoms with E-state index in [2.05, 4.69) is 15.6 Å². The third-order valence-electron chi connectivity index (χ3n) is 6.80. The summed E-state index contributed by atoms with van der Waals surface area (Å²) in [6.07, 6.45) is -2.81. The maximum atomic E-state index is 14.0. The number of para-hydroxylation sites is 1. The van der Waals surface area contributed by atoms with E-state index in [1.165, 1.54) is 19.1 Å². The number of carbonyl (C=O) groups is 1. The molecule has 5 rings (SSSR count). The molecule has 39 heavy (non-hydrogen) atoms. The average molecular weight is 550 g/mol. The summed E-state index contributed by atoms with van der Waals surface area (Å²) in [7, 11) is 0. The monoisotopic (exact) mass is 549 g/mol. The number of nitrogens with one attached hydrogen (secondary N) is 2. The van der Waals surface area contributed by atoms with Gasteiger partial charge in [-0.25, -0.2) is 0 Å². The van der Waals surface area contributed by atoms with Crippen LogP contribution in [-0.2, 0) is 11.0 Å². The number of benzene rings is 2. The third kappa shape index (κ3) is 4.99. The van der Waals surface area contributed by atoms with E-state index in [0.717, 1.165) is 23.0 Å². The van der Waals surface area contributed by atoms with Gasteiger partial charge in [-0.05, 0) is 86.2 Å². The fourth-order valence-corrected chi connectivity index (χ4v) is 5.57. The summed E-state index contributed by atoms with van der Waals surface area (Å²) in [4.78, 5) is 18.0. The number of pyridine rings is 1. The van der Waals surface area contributed by atoms with Gasteiger partial charge in [0.15, 0.2) is 5.11 Å². The molecule has 0 saturated carbocycles. The summed E-state index contributed by atoms with van der Waals surface area (Å²) in [6.45, 7) is 5.06. The van der Waals surface area contributed by atoms with Crippen LogP contribution in [-0.4, -0.2) is 20.6 Å². The lowest BCUT2D eigenvalue weighted by atomic mass is 9.96. The Morgan fingerprint density at radius 2 is 1.72 bits per heavy atom. The Hall–Kier alpha value is -4.18. The number of thiocarbonyl (C=S) groups is 1. The summed E-state index contributed by atoms with van der Waals surface area (Å²) in [6, 6.07) is 19.6. The lowest BCUT2D eigenvalue weighted by Crippen LogP contribution is -2.29. The molecule has 4 aromatic rings. The fraction of sp³-hybridized carbons (Fsp3) is 0.207. The molecule has 2 atom stereocenters. The molecule has 1 amide bonds. The van der Waals surface area contributed by atoms with Crippen molar-refractivity contribution in [2.75, 3.05) is 10.2 Å². The lowest BCUT2D eigenvalue weighted by molar-refractivity contribution is -0.137. The first kappa shape index (κ1) is 26.4. The number of aromatic nitrogens is 2. The molecular weight excluding hydrogens is 523 g/mol. The molecule has 0 radical (unpaired) electrons. The zero-order valence-corrected chi connectivity index (χ0v) is 22.3. The molecule has 2 aromatic heterocycles. The minimum atomic E-state index is -4.51. The number of hydrogen-bond acceptors (Lipinski definition) is 3. The summed E-state index contributed by atoms with van der Waals surface area (Å²) < 4.78 is 43.5. The fourth-order valence-electron chi connectivity index (χ4n) is 5.22. The van der Waals surface area contributed by atoms with Crippen LogP contribution in [0.4, 0.5) is 24.5 Å². The molecule has 0 unspecified atom stereocenters. The number of amides is 1. The van der Waals surface area contributed by atoms with Gasteiger partial charge < -0.3 is 20.1 Å². The van der Waals surface area contributed by atoms with Crippen LogP contribution in [0.25, 0.3) is 5.69 Å². The SMILES string of the molecule is CC(=O)Nc1ccc(N2C(=S)N[C@H](c3ccccn3)[C@H]2c2cc(C)n(-c3ccccc3C(F)(F)F)c2C)cc1. The minimum absolute atomic E-state index is 0.0698. The Bertz CT molecular complexity index is 1530. The summed E-state index contributed by atoms with van der Waals surface area (Å²) >= 11 is 5.79. The Labute approximate surface area is 229 Å². The third-order valence-corrected chi connectivity index (χ3v) is 7.12. The van der Waals surface area contributed by atoms with E-state index in [4.69, 9.17) is 12.2 Å². The van der Waals surface area contributed by atoms with Gasteiger partial charge in [0.05, 0.1) is 29.0 Å². The Balaban J connectivity index is 1.66. The molecule has 3 heterocycles. The van der Waals surface area contributed by atoms with E-state index in [0.29, 0.717) is 22.2 Å². The van der Waals surface area contributed by atoms with Crippen LogP contribution in [0, 0.1) is 13.8 Å². The molecule has 0 spiro atoms. The highest BCUT2D eigenvalue weighted by Gasteiger charge is 2.43. The predicted molar refractivity (Wildman–Crippen MR) is 149 cm³/mol. The highest BCUT2D eigenvalue weighted by molar-refractivity contribution is 7.80. The van der Waals surface area contributed by atoms with Gasteiger partial charge in [0, 0.05) is 35.9 Å². The molecule has 200 valence electrons. The largest absolute Gasteiger partial charge is 0.418 e.